The van der Waals surface area contributed by atoms with Crippen molar-refractivity contribution in [3.05, 3.63) is 61.2 Å². The Hall–Kier alpha value is -3.00. The predicted octanol–water partition coefficient (Wildman–Crippen LogP) is 6.59. The van der Waals surface area contributed by atoms with Crippen LogP contribution in [0, 0.1) is 5.92 Å². The molecule has 7 nitrogen and oxygen atoms in total. The fourth-order valence-corrected chi connectivity index (χ4v) is 4.27. The van der Waals surface area contributed by atoms with E-state index < -0.39 is 15.8 Å². The number of azo groups is 1. The molecule has 0 unspecified atom stereocenters. The molecule has 0 saturated carbocycles. The first kappa shape index (κ1) is 27.2. The molecule has 0 radical (unpaired) electrons. The molecule has 2 aromatic rings. The molecule has 0 amide bonds. The molecule has 184 valence electrons. The van der Waals surface area contributed by atoms with Crippen molar-refractivity contribution < 1.29 is 22.7 Å². The van der Waals surface area contributed by atoms with Gasteiger partial charge >= 0.3 is 5.97 Å². The summed E-state index contributed by atoms with van der Waals surface area (Å²) in [7, 11) is -3.36. The third kappa shape index (κ3) is 9.87. The van der Waals surface area contributed by atoms with Gasteiger partial charge in [0.2, 0.25) is 0 Å². The molecule has 0 heterocycles. The molecule has 0 fully saturated rings. The minimum absolute atomic E-state index is 0.0752. The van der Waals surface area contributed by atoms with Crippen molar-refractivity contribution in [2.75, 3.05) is 19.0 Å². The van der Waals surface area contributed by atoms with E-state index in [2.05, 4.69) is 30.7 Å². The summed E-state index contributed by atoms with van der Waals surface area (Å²) in [4.78, 5) is 11.2. The number of benzene rings is 2. The van der Waals surface area contributed by atoms with E-state index in [0.29, 0.717) is 43.3 Å². The lowest BCUT2D eigenvalue weighted by molar-refractivity contribution is -0.137. The molecular weight excluding hydrogens is 452 g/mol. The van der Waals surface area contributed by atoms with Gasteiger partial charge in [-0.25, -0.2) is 13.2 Å². The van der Waals surface area contributed by atoms with Gasteiger partial charge in [-0.1, -0.05) is 39.7 Å². The van der Waals surface area contributed by atoms with Gasteiger partial charge in [0.05, 0.1) is 35.2 Å². The number of hydrogen-bond acceptors (Lipinski definition) is 7. The number of esters is 1. The normalized spacial score (nSPS) is 12.4. The van der Waals surface area contributed by atoms with Crippen LogP contribution >= 0.6 is 0 Å². The minimum atomic E-state index is -3.36. The van der Waals surface area contributed by atoms with E-state index >= 15 is 0 Å². The predicted molar refractivity (Wildman–Crippen MR) is 134 cm³/mol. The monoisotopic (exact) mass is 486 g/mol. The van der Waals surface area contributed by atoms with E-state index in [1.54, 1.807) is 24.3 Å². The highest BCUT2D eigenvalue weighted by molar-refractivity contribution is 7.91. The molecule has 0 aliphatic rings. The Kier molecular flexibility index (Phi) is 11.5. The average molecular weight is 487 g/mol. The van der Waals surface area contributed by atoms with Crippen molar-refractivity contribution in [3.8, 4) is 5.75 Å². The number of carbonyl (C=O) groups is 1. The number of unbranched alkanes of at least 4 members (excludes halogenated alkanes) is 3. The Morgan fingerprint density at radius 3 is 2.15 bits per heavy atom. The van der Waals surface area contributed by atoms with Gasteiger partial charge < -0.3 is 9.47 Å². The van der Waals surface area contributed by atoms with E-state index in [4.69, 9.17) is 9.47 Å². The van der Waals surface area contributed by atoms with Gasteiger partial charge in [-0.15, -0.1) is 0 Å². The van der Waals surface area contributed by atoms with Crippen molar-refractivity contribution in [1.29, 1.82) is 0 Å². The lowest BCUT2D eigenvalue weighted by Crippen LogP contribution is -2.07. The van der Waals surface area contributed by atoms with Crippen LogP contribution in [0.2, 0.25) is 0 Å². The second-order valence-corrected chi connectivity index (χ2v) is 10.2. The van der Waals surface area contributed by atoms with E-state index in [9.17, 15) is 13.2 Å². The Morgan fingerprint density at radius 1 is 0.971 bits per heavy atom. The topological polar surface area (TPSA) is 94.4 Å². The molecule has 0 aliphatic heterocycles. The molecule has 8 heteroatoms. The lowest BCUT2D eigenvalue weighted by Gasteiger charge is -2.10. The van der Waals surface area contributed by atoms with Crippen molar-refractivity contribution >= 4 is 27.2 Å². The maximum absolute atomic E-state index is 12.5. The number of carbonyl (C=O) groups excluding carboxylic acids is 1. The fourth-order valence-electron chi connectivity index (χ4n) is 2.90. The zero-order chi connectivity index (χ0) is 24.8. The maximum atomic E-state index is 12.5. The smallest absolute Gasteiger partial charge is 0.330 e. The molecule has 34 heavy (non-hydrogen) atoms. The molecule has 0 bridgehead atoms. The zero-order valence-corrected chi connectivity index (χ0v) is 20.8. The molecule has 1 atom stereocenters. The van der Waals surface area contributed by atoms with Crippen molar-refractivity contribution in [2.24, 2.45) is 16.1 Å². The van der Waals surface area contributed by atoms with Crippen LogP contribution in [0.4, 0.5) is 11.4 Å². The molecule has 0 spiro atoms. The van der Waals surface area contributed by atoms with E-state index in [1.807, 2.05) is 24.3 Å². The summed E-state index contributed by atoms with van der Waals surface area (Å²) >= 11 is 0. The van der Waals surface area contributed by atoms with Crippen LogP contribution in [0.15, 0.2) is 76.3 Å². The summed E-state index contributed by atoms with van der Waals surface area (Å²) in [5.41, 5.74) is 1.26. The van der Waals surface area contributed by atoms with Crippen LogP contribution in [0.25, 0.3) is 0 Å². The van der Waals surface area contributed by atoms with E-state index in [0.717, 1.165) is 31.1 Å². The van der Waals surface area contributed by atoms with Crippen molar-refractivity contribution in [3.63, 3.8) is 0 Å². The van der Waals surface area contributed by atoms with Crippen LogP contribution in [0.1, 0.15) is 46.0 Å². The van der Waals surface area contributed by atoms with E-state index in [-0.39, 0.29) is 10.6 Å². The number of rotatable bonds is 15. The Bertz CT molecular complexity index is 1030. The Balaban J connectivity index is 1.79. The van der Waals surface area contributed by atoms with Gasteiger partial charge in [0, 0.05) is 6.08 Å². The van der Waals surface area contributed by atoms with Crippen molar-refractivity contribution in [2.45, 2.75) is 50.8 Å². The van der Waals surface area contributed by atoms with Gasteiger partial charge in [0.15, 0.2) is 9.84 Å². The number of ether oxygens (including phenoxy) is 2. The first-order valence-electron chi connectivity index (χ1n) is 11.6. The van der Waals surface area contributed by atoms with E-state index in [1.165, 1.54) is 0 Å². The van der Waals surface area contributed by atoms with Crippen LogP contribution < -0.4 is 4.74 Å². The fraction of sp³-hybridized carbons (Fsp3) is 0.423. The highest BCUT2D eigenvalue weighted by Gasteiger charge is 2.13. The van der Waals surface area contributed by atoms with Gasteiger partial charge in [0.25, 0.3) is 0 Å². The van der Waals surface area contributed by atoms with Crippen LogP contribution in [-0.2, 0) is 19.4 Å². The summed E-state index contributed by atoms with van der Waals surface area (Å²) < 4.78 is 35.7. The molecule has 2 aromatic carbocycles. The minimum Gasteiger partial charge on any atom is -0.493 e. The third-order valence-corrected chi connectivity index (χ3v) is 7.08. The SMILES string of the molecule is C=CC(=O)OCCCCCCS(=O)(=O)c1ccc(/N=N/c2ccc(OC[C@H](C)CC)cc2)cc1. The molecular formula is C26H34N2O5S. The molecule has 0 N–H and O–H groups in total. The summed E-state index contributed by atoms with van der Waals surface area (Å²) in [6, 6.07) is 13.8. The van der Waals surface area contributed by atoms with Crippen LogP contribution in [-0.4, -0.2) is 33.4 Å². The summed E-state index contributed by atoms with van der Waals surface area (Å²) in [5.74, 6) is 0.938. The summed E-state index contributed by atoms with van der Waals surface area (Å²) in [6.45, 7) is 8.62. The second-order valence-electron chi connectivity index (χ2n) is 8.12. The van der Waals surface area contributed by atoms with Gasteiger partial charge in [0.1, 0.15) is 5.75 Å². The Labute approximate surface area is 202 Å². The molecule has 2 rings (SSSR count). The molecule has 0 aliphatic carbocycles. The lowest BCUT2D eigenvalue weighted by atomic mass is 10.1. The largest absolute Gasteiger partial charge is 0.493 e. The molecule has 0 aromatic heterocycles. The highest BCUT2D eigenvalue weighted by atomic mass is 32.2. The standard InChI is InChI=1S/C26H34N2O5S/c1-4-21(3)20-33-24-14-10-22(11-15-24)27-28-23-12-16-25(17-13-23)34(30,31)19-9-7-6-8-18-32-26(29)5-2/h5,10-17,21H,2,4,6-9,18-20H2,1,3H3/b28-27+/t21-/m1/s1. The third-order valence-electron chi connectivity index (χ3n) is 5.26. The first-order chi connectivity index (χ1) is 16.3. The zero-order valence-electron chi connectivity index (χ0n) is 20.0. The quantitative estimate of drug-likeness (QED) is 0.122. The van der Waals surface area contributed by atoms with Gasteiger partial charge in [-0.3, -0.25) is 0 Å². The second kappa shape index (κ2) is 14.3. The number of sulfone groups is 1. The highest BCUT2D eigenvalue weighted by Crippen LogP contribution is 2.23. The summed E-state index contributed by atoms with van der Waals surface area (Å²) in [6.07, 6.45) is 5.00. The maximum Gasteiger partial charge on any atom is 0.330 e. The van der Waals surface area contributed by atoms with Gasteiger partial charge in [-0.05, 0) is 67.3 Å². The summed E-state index contributed by atoms with van der Waals surface area (Å²) in [5, 5.41) is 8.39. The molecule has 0 saturated heterocycles. The number of nitrogens with zero attached hydrogens (tertiary/aromatic N) is 2. The number of hydrogen-bond donors (Lipinski definition) is 0. The average Bonchev–Trinajstić information content (AvgIpc) is 2.86. The van der Waals surface area contributed by atoms with Gasteiger partial charge in [-0.2, -0.15) is 10.2 Å². The Morgan fingerprint density at radius 2 is 1.56 bits per heavy atom. The van der Waals surface area contributed by atoms with Crippen LogP contribution in [0.5, 0.6) is 5.75 Å². The van der Waals surface area contributed by atoms with Crippen LogP contribution in [0.3, 0.4) is 0 Å². The van der Waals surface area contributed by atoms with Crippen molar-refractivity contribution in [1.82, 2.24) is 0 Å². The first-order valence-corrected chi connectivity index (χ1v) is 13.3.